The highest BCUT2D eigenvalue weighted by molar-refractivity contribution is 6.29. The molecule has 0 fully saturated rings. The van der Waals surface area contributed by atoms with Crippen molar-refractivity contribution < 1.29 is 9.53 Å². The van der Waals surface area contributed by atoms with Gasteiger partial charge in [-0.3, -0.25) is 4.90 Å². The van der Waals surface area contributed by atoms with Crippen LogP contribution >= 0.6 is 11.6 Å². The van der Waals surface area contributed by atoms with Crippen molar-refractivity contribution in [2.75, 3.05) is 11.4 Å². The number of hydrogen-bond acceptors (Lipinski definition) is 3. The molecular formula is C14H19ClN2O2. The topological polar surface area (TPSA) is 42.4 Å². The average Bonchev–Trinajstić information content (AvgIpc) is 2.48. The number of carbonyl (C=O) groups is 1. The van der Waals surface area contributed by atoms with Gasteiger partial charge in [-0.2, -0.15) is 0 Å². The van der Waals surface area contributed by atoms with Gasteiger partial charge >= 0.3 is 6.09 Å². The molecule has 1 aromatic rings. The number of rotatable bonds is 0. The highest BCUT2D eigenvalue weighted by Crippen LogP contribution is 2.27. The molecule has 0 aliphatic carbocycles. The lowest BCUT2D eigenvalue weighted by atomic mass is 10.1. The van der Waals surface area contributed by atoms with Crippen LogP contribution in [0.1, 0.15) is 39.2 Å². The Morgan fingerprint density at radius 3 is 2.79 bits per heavy atom. The summed E-state index contributed by atoms with van der Waals surface area (Å²) < 4.78 is 5.43. The zero-order valence-electron chi connectivity index (χ0n) is 11.6. The summed E-state index contributed by atoms with van der Waals surface area (Å²) in [4.78, 5) is 18.2. The van der Waals surface area contributed by atoms with Gasteiger partial charge in [0.05, 0.1) is 0 Å². The van der Waals surface area contributed by atoms with Crippen LogP contribution in [0.25, 0.3) is 0 Å². The van der Waals surface area contributed by atoms with Crippen molar-refractivity contribution in [3.05, 3.63) is 22.8 Å². The summed E-state index contributed by atoms with van der Waals surface area (Å²) in [7, 11) is 0. The number of carbonyl (C=O) groups excluding carboxylic acids is 1. The number of halogens is 1. The Kier molecular flexibility index (Phi) is 3.99. The van der Waals surface area contributed by atoms with Crippen LogP contribution in [0.15, 0.2) is 12.1 Å². The monoisotopic (exact) mass is 282 g/mol. The number of aryl methyl sites for hydroxylation is 1. The van der Waals surface area contributed by atoms with E-state index in [0.717, 1.165) is 24.8 Å². The zero-order chi connectivity index (χ0) is 14.0. The summed E-state index contributed by atoms with van der Waals surface area (Å²) in [5, 5.41) is 0.397. The minimum Gasteiger partial charge on any atom is -0.443 e. The largest absolute Gasteiger partial charge is 0.443 e. The molecule has 0 unspecified atom stereocenters. The number of nitrogens with zero attached hydrogens (tertiary/aromatic N) is 2. The molecule has 1 amide bonds. The van der Waals surface area contributed by atoms with E-state index in [1.165, 1.54) is 0 Å². The highest BCUT2D eigenvalue weighted by atomic mass is 35.5. The number of amides is 1. The van der Waals surface area contributed by atoms with Crippen LogP contribution in [0.4, 0.5) is 10.6 Å². The Balaban J connectivity index is 2.31. The van der Waals surface area contributed by atoms with Gasteiger partial charge in [0.1, 0.15) is 16.6 Å². The van der Waals surface area contributed by atoms with Crippen molar-refractivity contribution in [2.45, 2.75) is 45.6 Å². The Bertz CT molecular complexity index is 483. The first kappa shape index (κ1) is 14.1. The molecule has 0 radical (unpaired) electrons. The molecule has 4 nitrogen and oxygen atoms in total. The van der Waals surface area contributed by atoms with Crippen molar-refractivity contribution >= 4 is 23.5 Å². The number of anilines is 1. The third-order valence-corrected chi connectivity index (χ3v) is 3.08. The first-order valence-electron chi connectivity index (χ1n) is 6.53. The van der Waals surface area contributed by atoms with Gasteiger partial charge < -0.3 is 4.74 Å². The summed E-state index contributed by atoms with van der Waals surface area (Å²) >= 11 is 5.94. The minimum atomic E-state index is -0.512. The molecule has 0 bridgehead atoms. The van der Waals surface area contributed by atoms with E-state index < -0.39 is 5.60 Å². The van der Waals surface area contributed by atoms with Gasteiger partial charge in [-0.15, -0.1) is 0 Å². The summed E-state index contributed by atoms with van der Waals surface area (Å²) in [5.41, 5.74) is 0.537. The lowest BCUT2D eigenvalue weighted by molar-refractivity contribution is 0.0579. The van der Waals surface area contributed by atoms with Crippen LogP contribution in [-0.4, -0.2) is 23.2 Å². The quantitative estimate of drug-likeness (QED) is 0.680. The predicted molar refractivity (Wildman–Crippen MR) is 75.8 cm³/mol. The van der Waals surface area contributed by atoms with Crippen LogP contribution in [0.2, 0.25) is 5.15 Å². The van der Waals surface area contributed by atoms with Gasteiger partial charge in [-0.05, 0) is 51.7 Å². The van der Waals surface area contributed by atoms with Gasteiger partial charge in [0, 0.05) is 6.54 Å². The fraction of sp³-hybridized carbons (Fsp3) is 0.571. The maximum atomic E-state index is 12.3. The Morgan fingerprint density at radius 1 is 1.37 bits per heavy atom. The third-order valence-electron chi connectivity index (χ3n) is 2.87. The second-order valence-electron chi connectivity index (χ2n) is 5.71. The van der Waals surface area contributed by atoms with E-state index >= 15 is 0 Å². The van der Waals surface area contributed by atoms with Gasteiger partial charge in [0.15, 0.2) is 0 Å². The van der Waals surface area contributed by atoms with E-state index in [4.69, 9.17) is 16.3 Å². The summed E-state index contributed by atoms with van der Waals surface area (Å²) in [6, 6.07) is 3.70. The summed E-state index contributed by atoms with van der Waals surface area (Å²) in [6.07, 6.45) is 2.53. The Labute approximate surface area is 118 Å². The second-order valence-corrected chi connectivity index (χ2v) is 6.09. The van der Waals surface area contributed by atoms with Crippen molar-refractivity contribution in [3.63, 3.8) is 0 Å². The predicted octanol–water partition coefficient (Wildman–Crippen LogP) is 3.81. The molecule has 0 aromatic carbocycles. The molecule has 2 heterocycles. The van der Waals surface area contributed by atoms with Crippen LogP contribution in [0.3, 0.4) is 0 Å². The van der Waals surface area contributed by atoms with Crippen LogP contribution in [0, 0.1) is 0 Å². The highest BCUT2D eigenvalue weighted by Gasteiger charge is 2.27. The molecule has 1 aromatic heterocycles. The van der Waals surface area contributed by atoms with Gasteiger partial charge in [0.2, 0.25) is 0 Å². The Hall–Kier alpha value is -1.29. The smallest absolute Gasteiger partial charge is 0.416 e. The molecule has 0 N–H and O–H groups in total. The SMILES string of the molecule is CC(C)(C)OC(=O)N1CCCCc2ccc(Cl)nc21. The van der Waals surface area contributed by atoms with E-state index in [2.05, 4.69) is 4.98 Å². The molecular weight excluding hydrogens is 264 g/mol. The number of fused-ring (bicyclic) bond motifs is 1. The number of ether oxygens (including phenoxy) is 1. The molecule has 2 rings (SSSR count). The molecule has 0 spiro atoms. The van der Waals surface area contributed by atoms with Crippen LogP contribution in [-0.2, 0) is 11.2 Å². The third kappa shape index (κ3) is 3.60. The van der Waals surface area contributed by atoms with E-state index in [9.17, 15) is 4.79 Å². The van der Waals surface area contributed by atoms with Gasteiger partial charge in [0.25, 0.3) is 0 Å². The van der Waals surface area contributed by atoms with Crippen molar-refractivity contribution in [2.24, 2.45) is 0 Å². The summed E-state index contributed by atoms with van der Waals surface area (Å²) in [6.45, 7) is 6.19. The maximum Gasteiger partial charge on any atom is 0.416 e. The number of pyridine rings is 1. The van der Waals surface area contributed by atoms with Crippen molar-refractivity contribution in [1.82, 2.24) is 4.98 Å². The molecule has 19 heavy (non-hydrogen) atoms. The number of hydrogen-bond donors (Lipinski definition) is 0. The molecule has 104 valence electrons. The van der Waals surface area contributed by atoms with E-state index in [1.54, 1.807) is 11.0 Å². The fourth-order valence-corrected chi connectivity index (χ4v) is 2.21. The lowest BCUT2D eigenvalue weighted by Gasteiger charge is -2.26. The standard InChI is InChI=1S/C14H19ClN2O2/c1-14(2,3)19-13(18)17-9-5-4-6-10-7-8-11(15)16-12(10)17/h7-8H,4-6,9H2,1-3H3. The van der Waals surface area contributed by atoms with Crippen molar-refractivity contribution in [1.29, 1.82) is 0 Å². The van der Waals surface area contributed by atoms with Gasteiger partial charge in [-0.25, -0.2) is 9.78 Å². The van der Waals surface area contributed by atoms with Gasteiger partial charge in [-0.1, -0.05) is 17.7 Å². The second kappa shape index (κ2) is 5.37. The number of aromatic nitrogens is 1. The molecule has 0 atom stereocenters. The van der Waals surface area contributed by atoms with Crippen LogP contribution < -0.4 is 4.90 Å². The molecule has 1 aliphatic rings. The fourth-order valence-electron chi connectivity index (χ4n) is 2.07. The van der Waals surface area contributed by atoms with Crippen LogP contribution in [0.5, 0.6) is 0 Å². The van der Waals surface area contributed by atoms with E-state index in [0.29, 0.717) is 17.5 Å². The van der Waals surface area contributed by atoms with E-state index in [-0.39, 0.29) is 6.09 Å². The average molecular weight is 283 g/mol. The molecule has 1 aliphatic heterocycles. The molecule has 0 saturated carbocycles. The molecule has 0 saturated heterocycles. The Morgan fingerprint density at radius 2 is 2.11 bits per heavy atom. The zero-order valence-corrected chi connectivity index (χ0v) is 12.3. The normalized spacial score (nSPS) is 15.7. The minimum absolute atomic E-state index is 0.356. The molecule has 5 heteroatoms. The lowest BCUT2D eigenvalue weighted by Crippen LogP contribution is -2.38. The maximum absolute atomic E-state index is 12.3. The first-order chi connectivity index (χ1) is 8.87. The van der Waals surface area contributed by atoms with E-state index in [1.807, 2.05) is 26.8 Å². The summed E-state index contributed by atoms with van der Waals surface area (Å²) in [5.74, 6) is 0.638. The van der Waals surface area contributed by atoms with Crippen molar-refractivity contribution in [3.8, 4) is 0 Å². The first-order valence-corrected chi connectivity index (χ1v) is 6.90.